The summed E-state index contributed by atoms with van der Waals surface area (Å²) in [5.41, 5.74) is 17.9. The van der Waals surface area contributed by atoms with Crippen molar-refractivity contribution in [2.45, 2.75) is 101 Å². The number of hydrogen-bond donors (Lipinski definition) is 10. The van der Waals surface area contributed by atoms with E-state index in [9.17, 15) is 45.3 Å². The monoisotopic (exact) mass is 891 g/mol. The first-order valence-electron chi connectivity index (χ1n) is 20.8. The molecular formula is C48H49N3O14. The fraction of sp³-hybridized carbons (Fsp3) is 0.333. The van der Waals surface area contributed by atoms with Crippen molar-refractivity contribution in [1.82, 2.24) is 0 Å². The molecule has 0 saturated carbocycles. The fourth-order valence-electron chi connectivity index (χ4n) is 8.56. The van der Waals surface area contributed by atoms with Gasteiger partial charge in [0.05, 0.1) is 36.6 Å². The Bertz CT molecular complexity index is 2680. The van der Waals surface area contributed by atoms with Gasteiger partial charge in [-0.2, -0.15) is 0 Å². The first-order chi connectivity index (χ1) is 30.9. The van der Waals surface area contributed by atoms with Gasteiger partial charge in [0, 0.05) is 58.7 Å². The van der Waals surface area contributed by atoms with Gasteiger partial charge in [-0.3, -0.25) is 19.2 Å². The number of rotatable bonds is 8. The lowest BCUT2D eigenvalue weighted by atomic mass is 9.75. The number of aliphatic hydroxyl groups is 6. The number of ether oxygens (including phenoxy) is 3. The third-order valence-electron chi connectivity index (χ3n) is 11.8. The quantitative estimate of drug-likeness (QED) is 0.0344. The maximum Gasteiger partial charge on any atom is 0.308 e. The number of ketones is 2. The molecule has 6 atom stereocenters. The lowest BCUT2D eigenvalue weighted by Gasteiger charge is -2.44. The molecule has 1 heterocycles. The number of aldehydes is 1. The Labute approximate surface area is 372 Å². The molecule has 65 heavy (non-hydrogen) atoms. The van der Waals surface area contributed by atoms with Crippen LogP contribution in [0.4, 0.5) is 0 Å². The third-order valence-corrected chi connectivity index (χ3v) is 11.8. The molecule has 0 radical (unpaired) electrons. The zero-order chi connectivity index (χ0) is 47.1. The van der Waals surface area contributed by atoms with Gasteiger partial charge in [-0.05, 0) is 66.1 Å². The summed E-state index contributed by atoms with van der Waals surface area (Å²) < 4.78 is 17.6. The third kappa shape index (κ3) is 8.97. The van der Waals surface area contributed by atoms with Gasteiger partial charge in [0.1, 0.15) is 23.4 Å². The van der Waals surface area contributed by atoms with E-state index in [1.807, 2.05) is 6.07 Å². The van der Waals surface area contributed by atoms with Gasteiger partial charge < -0.3 is 67.2 Å². The topological polar surface area (TPSA) is 316 Å². The van der Waals surface area contributed by atoms with E-state index in [4.69, 9.17) is 31.4 Å². The minimum absolute atomic E-state index is 0.0129. The van der Waals surface area contributed by atoms with E-state index in [1.54, 1.807) is 24.3 Å². The zero-order valence-corrected chi connectivity index (χ0v) is 35.4. The Kier molecular flexibility index (Phi) is 13.5. The molecule has 1 fully saturated rings. The Morgan fingerprint density at radius 1 is 0.969 bits per heavy atom. The van der Waals surface area contributed by atoms with Crippen LogP contribution >= 0.6 is 0 Å². The number of aromatic hydroxyl groups is 1. The molecule has 17 heteroatoms. The van der Waals surface area contributed by atoms with E-state index >= 15 is 9.59 Å². The summed E-state index contributed by atoms with van der Waals surface area (Å²) in [6, 6.07) is 12.1. The van der Waals surface area contributed by atoms with Crippen LogP contribution in [0.3, 0.4) is 0 Å². The predicted molar refractivity (Wildman–Crippen MR) is 232 cm³/mol. The Balaban J connectivity index is 1.58. The molecule has 13 N–H and O–H groups in total. The molecule has 4 bridgehead atoms. The summed E-state index contributed by atoms with van der Waals surface area (Å²) in [4.78, 5) is 55.9. The van der Waals surface area contributed by atoms with E-state index < -0.39 is 108 Å². The number of phenolic OH excluding ortho intramolecular Hbond substituents is 1. The number of carbonyl (C=O) groups excluding carboxylic acids is 4. The SMILES string of the molecule is CC(=O)Oc1cc(CO)c2c3c1C=Cc1cccc(c1)CC(O)CCC(N)C#CCc1c(OC4OC(C)C(O)C(O)(O)C4O)c(Cc4cccc(C(N)N)c4C=O)c(O)c(c1C3=O)C2=O. The van der Waals surface area contributed by atoms with Crippen molar-refractivity contribution in [3.05, 3.63) is 121 Å². The highest BCUT2D eigenvalue weighted by Crippen LogP contribution is 2.48. The van der Waals surface area contributed by atoms with Crippen LogP contribution in [-0.4, -0.2) is 102 Å². The Morgan fingerprint density at radius 3 is 2.38 bits per heavy atom. The van der Waals surface area contributed by atoms with Crippen molar-refractivity contribution in [3.8, 4) is 29.1 Å². The van der Waals surface area contributed by atoms with E-state index in [1.165, 1.54) is 37.3 Å². The van der Waals surface area contributed by atoms with E-state index in [0.29, 0.717) is 11.8 Å². The molecule has 2 aliphatic carbocycles. The maximum absolute atomic E-state index is 15.5. The van der Waals surface area contributed by atoms with Crippen LogP contribution in [0.5, 0.6) is 17.2 Å². The number of hydrogen-bond acceptors (Lipinski definition) is 17. The smallest absolute Gasteiger partial charge is 0.308 e. The average Bonchev–Trinajstić information content (AvgIpc) is 3.26. The predicted octanol–water partition coefficient (Wildman–Crippen LogP) is 1.17. The van der Waals surface area contributed by atoms with Crippen molar-refractivity contribution in [2.24, 2.45) is 17.2 Å². The van der Waals surface area contributed by atoms with Crippen molar-refractivity contribution >= 4 is 36.0 Å². The van der Waals surface area contributed by atoms with Crippen LogP contribution in [0.25, 0.3) is 12.2 Å². The summed E-state index contributed by atoms with van der Waals surface area (Å²) in [5.74, 6) is -1.55. The van der Waals surface area contributed by atoms with Crippen molar-refractivity contribution in [3.63, 3.8) is 0 Å². The molecule has 1 aliphatic heterocycles. The Morgan fingerprint density at radius 2 is 1.69 bits per heavy atom. The molecule has 0 amide bonds. The number of phenols is 1. The van der Waals surface area contributed by atoms with Crippen LogP contribution in [0, 0.1) is 11.8 Å². The van der Waals surface area contributed by atoms with Crippen LogP contribution in [0.1, 0.15) is 120 Å². The second-order valence-electron chi connectivity index (χ2n) is 16.4. The first-order valence-corrected chi connectivity index (χ1v) is 20.8. The summed E-state index contributed by atoms with van der Waals surface area (Å²) in [5, 5.41) is 77.7. The summed E-state index contributed by atoms with van der Waals surface area (Å²) in [7, 11) is 0. The summed E-state index contributed by atoms with van der Waals surface area (Å²) in [6.07, 6.45) is -6.43. The highest BCUT2D eigenvalue weighted by molar-refractivity contribution is 6.32. The maximum atomic E-state index is 15.5. The zero-order valence-electron chi connectivity index (χ0n) is 35.4. The summed E-state index contributed by atoms with van der Waals surface area (Å²) >= 11 is 0. The number of carbonyl (C=O) groups is 4. The van der Waals surface area contributed by atoms with Crippen molar-refractivity contribution in [1.29, 1.82) is 0 Å². The standard InChI is InChI=1S/C48H49N3O14/c1-22-44(59)48(61,62)45(60)47(63-22)65-43-32-11-5-9-28(49)13-14-29(55)17-25-7-3-6-24(16-25)12-15-31-35(64-23(2)54)19-27(20-52)36-37(31)42(58)38(32)39(41(36)57)40(56)33(43)18-26-8-4-10-30(46(50)51)34(26)21-53/h3-4,6-8,10,12,15-16,19,21-22,28-29,44-47,52,55-56,59-62H,11,13-14,17-18,20,49-51H2,1-2H3. The molecule has 1 saturated heterocycles. The van der Waals surface area contributed by atoms with Crippen molar-refractivity contribution < 1.29 is 69.1 Å². The van der Waals surface area contributed by atoms with E-state index in [-0.39, 0.29) is 75.1 Å². The van der Waals surface area contributed by atoms with Gasteiger partial charge in [-0.15, -0.1) is 0 Å². The van der Waals surface area contributed by atoms with Gasteiger partial charge in [0.25, 0.3) is 0 Å². The number of fused-ring (bicyclic) bond motifs is 2. The highest BCUT2D eigenvalue weighted by atomic mass is 16.7. The van der Waals surface area contributed by atoms with Gasteiger partial charge in [0.15, 0.2) is 24.0 Å². The second kappa shape index (κ2) is 18.8. The van der Waals surface area contributed by atoms with E-state index in [0.717, 1.165) is 12.5 Å². The number of benzene rings is 4. The van der Waals surface area contributed by atoms with Gasteiger partial charge in [-0.25, -0.2) is 0 Å². The minimum Gasteiger partial charge on any atom is -0.507 e. The van der Waals surface area contributed by atoms with Gasteiger partial charge in [0.2, 0.25) is 12.1 Å². The van der Waals surface area contributed by atoms with Gasteiger partial charge in [-0.1, -0.05) is 60.4 Å². The van der Waals surface area contributed by atoms with Crippen LogP contribution in [-0.2, 0) is 35.4 Å². The van der Waals surface area contributed by atoms with Crippen LogP contribution < -0.4 is 26.7 Å². The fourth-order valence-corrected chi connectivity index (χ4v) is 8.56. The highest BCUT2D eigenvalue weighted by Gasteiger charge is 2.55. The number of esters is 1. The van der Waals surface area contributed by atoms with Crippen LogP contribution in [0.2, 0.25) is 0 Å². The molecule has 4 aromatic rings. The van der Waals surface area contributed by atoms with Gasteiger partial charge >= 0.3 is 5.97 Å². The number of nitrogens with two attached hydrogens (primary N) is 3. The van der Waals surface area contributed by atoms with Crippen molar-refractivity contribution in [2.75, 3.05) is 0 Å². The second-order valence-corrected chi connectivity index (χ2v) is 16.4. The van der Waals surface area contributed by atoms with E-state index in [2.05, 4.69) is 11.8 Å². The molecule has 0 aromatic heterocycles. The minimum atomic E-state index is -3.21. The lowest BCUT2D eigenvalue weighted by Crippen LogP contribution is -2.67. The first kappa shape index (κ1) is 46.8. The lowest BCUT2D eigenvalue weighted by molar-refractivity contribution is -0.371. The molecule has 6 unspecified atom stereocenters. The molecule has 7 rings (SSSR count). The Hall–Kier alpha value is -6.14. The molecule has 340 valence electrons. The largest absolute Gasteiger partial charge is 0.507 e. The molecule has 3 aliphatic rings. The molecule has 17 nitrogen and oxygen atoms in total. The average molecular weight is 892 g/mol. The molecule has 0 spiro atoms. The molecular weight excluding hydrogens is 843 g/mol. The number of aliphatic hydroxyl groups excluding tert-OH is 4. The van der Waals surface area contributed by atoms with Crippen LogP contribution in [0.15, 0.2) is 48.5 Å². The summed E-state index contributed by atoms with van der Waals surface area (Å²) in [6.45, 7) is 1.56. The molecule has 4 aromatic carbocycles. The normalized spacial score (nSPS) is 22.6.